The van der Waals surface area contributed by atoms with Crippen molar-refractivity contribution < 1.29 is 19.2 Å². The van der Waals surface area contributed by atoms with E-state index < -0.39 is 31.7 Å². The number of nitrogens with one attached hydrogen (secondary N) is 1. The molecule has 2 atom stereocenters. The van der Waals surface area contributed by atoms with Crippen LogP contribution in [0.15, 0.2) is 0 Å². The minimum absolute atomic E-state index is 0.474. The van der Waals surface area contributed by atoms with Gasteiger partial charge in [0.1, 0.15) is 13.1 Å². The van der Waals surface area contributed by atoms with Gasteiger partial charge in [-0.25, -0.2) is 0 Å². The maximum atomic E-state index is 12.4. The second kappa shape index (κ2) is 5.48. The van der Waals surface area contributed by atoms with Crippen LogP contribution < -0.4 is 4.90 Å². The number of Topliss-reactive ketones (excluding diaryl/α,β-unsaturated/α-hetero) is 2. The Labute approximate surface area is 135 Å². The van der Waals surface area contributed by atoms with Gasteiger partial charge in [0.25, 0.3) is 0 Å². The number of hydrogen-bond acceptors (Lipinski definition) is 3. The number of alkyl halides is 5. The van der Waals surface area contributed by atoms with Gasteiger partial charge in [-0.3, -0.25) is 9.59 Å². The van der Waals surface area contributed by atoms with Crippen LogP contribution in [0.5, 0.6) is 0 Å². The summed E-state index contributed by atoms with van der Waals surface area (Å²) < 4.78 is 0.768. The van der Waals surface area contributed by atoms with Crippen LogP contribution in [0, 0.1) is 0 Å². The summed E-state index contributed by atoms with van der Waals surface area (Å²) >= 11 is 29.5. The molecule has 108 valence electrons. The third-order valence-electron chi connectivity index (χ3n) is 3.41. The van der Waals surface area contributed by atoms with Gasteiger partial charge >= 0.3 is 0 Å². The van der Waals surface area contributed by atoms with Crippen LogP contribution in [0.3, 0.4) is 0 Å². The van der Waals surface area contributed by atoms with Crippen LogP contribution in [0.4, 0.5) is 0 Å². The summed E-state index contributed by atoms with van der Waals surface area (Å²) in [6, 6.07) is -0.862. The van der Waals surface area contributed by atoms with Gasteiger partial charge in [0.15, 0.2) is 17.2 Å². The number of morpholine rings is 1. The van der Waals surface area contributed by atoms with Crippen molar-refractivity contribution in [2.45, 2.75) is 20.1 Å². The number of carbonyl (C=O) groups is 2. The molecule has 0 aromatic carbocycles. The predicted octanol–water partition coefficient (Wildman–Crippen LogP) is 0.377. The van der Waals surface area contributed by atoms with Gasteiger partial charge in [-0.15, -0.1) is 11.6 Å². The van der Waals surface area contributed by atoms with Gasteiger partial charge in [-0.1, -0.05) is 46.4 Å². The summed E-state index contributed by atoms with van der Waals surface area (Å²) in [6.45, 7) is 2.02. The highest BCUT2D eigenvalue weighted by atomic mass is 35.5. The molecule has 1 saturated heterocycles. The molecule has 0 radical (unpaired) electrons. The molecule has 0 amide bonds. The molecule has 0 unspecified atom stereocenters. The molecular formula is C10H11Cl5NO3+. The highest BCUT2D eigenvalue weighted by Gasteiger charge is 2.68. The monoisotopic (exact) mass is 368 g/mol. The van der Waals surface area contributed by atoms with Gasteiger partial charge in [-0.2, -0.15) is 0 Å². The van der Waals surface area contributed by atoms with Crippen LogP contribution >= 0.6 is 58.0 Å². The van der Waals surface area contributed by atoms with E-state index in [0.717, 1.165) is 4.90 Å². The largest absolute Gasteiger partial charge is 0.370 e. The highest BCUT2D eigenvalue weighted by Crippen LogP contribution is 2.49. The summed E-state index contributed by atoms with van der Waals surface area (Å²) in [7, 11) is 0. The lowest BCUT2D eigenvalue weighted by Gasteiger charge is -2.43. The summed E-state index contributed by atoms with van der Waals surface area (Å²) in [5.41, 5.74) is 0. The first kappa shape index (κ1) is 16.1. The molecule has 2 aliphatic rings. The molecule has 1 saturated carbocycles. The van der Waals surface area contributed by atoms with Crippen molar-refractivity contribution in [3.8, 4) is 0 Å². The van der Waals surface area contributed by atoms with Crippen molar-refractivity contribution in [1.82, 2.24) is 0 Å². The molecule has 9 heteroatoms. The molecule has 1 N–H and O–H groups in total. The van der Waals surface area contributed by atoms with Gasteiger partial charge in [-0.05, 0) is 0 Å². The van der Waals surface area contributed by atoms with Crippen molar-refractivity contribution >= 4 is 69.6 Å². The van der Waals surface area contributed by atoms with Crippen molar-refractivity contribution in [2.24, 2.45) is 0 Å². The molecule has 0 aromatic heterocycles. The summed E-state index contributed by atoms with van der Waals surface area (Å²) in [6.07, 6.45) is 0. The van der Waals surface area contributed by atoms with E-state index >= 15 is 0 Å². The number of hydrogen-bond donors (Lipinski definition) is 1. The maximum absolute atomic E-state index is 12.4. The predicted molar refractivity (Wildman–Crippen MR) is 73.8 cm³/mol. The van der Waals surface area contributed by atoms with Crippen molar-refractivity contribution in [3.05, 3.63) is 0 Å². The molecule has 4 nitrogen and oxygen atoms in total. The average molecular weight is 370 g/mol. The van der Waals surface area contributed by atoms with E-state index in [9.17, 15) is 9.59 Å². The van der Waals surface area contributed by atoms with Gasteiger partial charge < -0.3 is 9.64 Å². The average Bonchev–Trinajstić information content (AvgIpc) is 2.37. The standard InChI is InChI=1S/C10H10Cl5NO3/c11-5-6(16-1-3-19-4-2-16)8(18)10(14,15)9(12,13)7(5)17/h5-6H,1-4H2/p+1/t5-,6+/m1/s1. The quantitative estimate of drug-likeness (QED) is 0.679. The zero-order valence-corrected chi connectivity index (χ0v) is 13.4. The van der Waals surface area contributed by atoms with Crippen LogP contribution in [0.2, 0.25) is 0 Å². The van der Waals surface area contributed by atoms with E-state index in [4.69, 9.17) is 62.7 Å². The van der Waals surface area contributed by atoms with E-state index in [-0.39, 0.29) is 0 Å². The van der Waals surface area contributed by atoms with Crippen LogP contribution in [-0.2, 0) is 14.3 Å². The molecule has 0 aromatic rings. The van der Waals surface area contributed by atoms with Crippen molar-refractivity contribution in [2.75, 3.05) is 26.3 Å². The van der Waals surface area contributed by atoms with E-state index in [2.05, 4.69) is 0 Å². The first-order chi connectivity index (χ1) is 8.71. The fourth-order valence-corrected chi connectivity index (χ4v) is 3.71. The number of halogens is 5. The smallest absolute Gasteiger partial charge is 0.231 e. The Morgan fingerprint density at radius 3 is 2.00 bits per heavy atom. The Kier molecular flexibility index (Phi) is 4.64. The second-order valence-corrected chi connectivity index (χ2v) is 7.65. The Morgan fingerprint density at radius 2 is 1.47 bits per heavy atom. The number of quaternary nitrogens is 1. The Hall–Kier alpha value is 0.710. The fraction of sp³-hybridized carbons (Fsp3) is 0.800. The van der Waals surface area contributed by atoms with Crippen LogP contribution in [0.25, 0.3) is 0 Å². The Bertz CT molecular complexity index is 408. The van der Waals surface area contributed by atoms with E-state index in [1.165, 1.54) is 0 Å². The second-order valence-electron chi connectivity index (χ2n) is 4.53. The molecule has 1 aliphatic carbocycles. The third-order valence-corrected chi connectivity index (χ3v) is 6.13. The lowest BCUT2D eigenvalue weighted by Crippen LogP contribution is -3.20. The SMILES string of the molecule is O=C1[C@@H]([NH+]2CCOCC2)[C@@H](Cl)C(=O)C(Cl)(Cl)C1(Cl)Cl. The molecule has 2 fully saturated rings. The van der Waals surface area contributed by atoms with Crippen LogP contribution in [-0.4, -0.2) is 58.0 Å². The van der Waals surface area contributed by atoms with Gasteiger partial charge in [0, 0.05) is 0 Å². The minimum atomic E-state index is -2.23. The van der Waals surface area contributed by atoms with E-state index in [1.807, 2.05) is 0 Å². The third kappa shape index (κ3) is 2.50. The zero-order valence-electron chi connectivity index (χ0n) is 9.60. The molecule has 1 heterocycles. The van der Waals surface area contributed by atoms with E-state index in [1.54, 1.807) is 0 Å². The summed E-state index contributed by atoms with van der Waals surface area (Å²) in [5, 5.41) is -1.15. The molecular weight excluding hydrogens is 359 g/mol. The normalized spacial score (nSPS) is 35.4. The minimum Gasteiger partial charge on any atom is -0.370 e. The topological polar surface area (TPSA) is 47.8 Å². The van der Waals surface area contributed by atoms with Crippen molar-refractivity contribution in [1.29, 1.82) is 0 Å². The number of ketones is 2. The van der Waals surface area contributed by atoms with E-state index in [0.29, 0.717) is 26.3 Å². The van der Waals surface area contributed by atoms with Gasteiger partial charge in [0.2, 0.25) is 14.4 Å². The number of rotatable bonds is 1. The molecule has 19 heavy (non-hydrogen) atoms. The fourth-order valence-electron chi connectivity index (χ4n) is 2.30. The highest BCUT2D eigenvalue weighted by molar-refractivity contribution is 6.76. The first-order valence-corrected chi connectivity index (χ1v) is 7.56. The number of carbonyl (C=O) groups excluding carboxylic acids is 2. The summed E-state index contributed by atoms with van der Waals surface area (Å²) in [5.74, 6) is -1.37. The number of ether oxygens (including phenoxy) is 1. The molecule has 0 spiro atoms. The summed E-state index contributed by atoms with van der Waals surface area (Å²) in [4.78, 5) is 25.3. The van der Waals surface area contributed by atoms with Crippen molar-refractivity contribution in [3.63, 3.8) is 0 Å². The lowest BCUT2D eigenvalue weighted by molar-refractivity contribution is -0.922. The molecule has 0 bridgehead atoms. The lowest BCUT2D eigenvalue weighted by atomic mass is 9.89. The molecule has 1 aliphatic heterocycles. The zero-order chi connectivity index (χ0) is 14.4. The van der Waals surface area contributed by atoms with Gasteiger partial charge in [0.05, 0.1) is 13.2 Å². The first-order valence-electron chi connectivity index (χ1n) is 5.62. The Morgan fingerprint density at radius 1 is 1.00 bits per heavy atom. The molecule has 2 rings (SSSR count). The maximum Gasteiger partial charge on any atom is 0.231 e. The van der Waals surface area contributed by atoms with Crippen LogP contribution in [0.1, 0.15) is 0 Å². The Balaban J connectivity index is 2.34.